The van der Waals surface area contributed by atoms with E-state index in [0.29, 0.717) is 22.5 Å². The highest BCUT2D eigenvalue weighted by molar-refractivity contribution is 5.92. The van der Waals surface area contributed by atoms with Crippen LogP contribution in [0.5, 0.6) is 5.75 Å². The van der Waals surface area contributed by atoms with Crippen molar-refractivity contribution in [1.82, 2.24) is 4.98 Å². The summed E-state index contributed by atoms with van der Waals surface area (Å²) >= 11 is 0. The van der Waals surface area contributed by atoms with Gasteiger partial charge in [0.25, 0.3) is 0 Å². The van der Waals surface area contributed by atoms with Crippen molar-refractivity contribution in [2.45, 2.75) is 6.92 Å². The van der Waals surface area contributed by atoms with E-state index in [0.717, 1.165) is 5.39 Å². The van der Waals surface area contributed by atoms with Gasteiger partial charge in [-0.1, -0.05) is 6.07 Å². The molecule has 0 saturated heterocycles. The van der Waals surface area contributed by atoms with Crippen LogP contribution in [-0.2, 0) is 4.79 Å². The minimum Gasteiger partial charge on any atom is -0.502 e. The van der Waals surface area contributed by atoms with Crippen molar-refractivity contribution in [3.63, 3.8) is 0 Å². The molecule has 0 radical (unpaired) electrons. The van der Waals surface area contributed by atoms with Crippen LogP contribution >= 0.6 is 0 Å². The molecule has 0 aliphatic carbocycles. The molecule has 0 atom stereocenters. The first kappa shape index (κ1) is 15.4. The van der Waals surface area contributed by atoms with Crippen LogP contribution in [0.3, 0.4) is 0 Å². The molecule has 2 aromatic carbocycles. The lowest BCUT2D eigenvalue weighted by molar-refractivity contribution is -0.385. The normalized spacial score (nSPS) is 10.5. The Labute approximate surface area is 136 Å². The van der Waals surface area contributed by atoms with Crippen LogP contribution < -0.4 is 5.32 Å². The molecule has 120 valence electrons. The molecule has 2 N–H and O–H groups in total. The largest absolute Gasteiger partial charge is 0.502 e. The van der Waals surface area contributed by atoms with E-state index < -0.39 is 10.7 Å². The van der Waals surface area contributed by atoms with E-state index in [4.69, 9.17) is 0 Å². The molecule has 7 heteroatoms. The topological polar surface area (TPSA) is 105 Å². The number of carbonyl (C=O) groups excluding carboxylic acids is 1. The first-order chi connectivity index (χ1) is 11.4. The Balaban J connectivity index is 2.00. The van der Waals surface area contributed by atoms with E-state index >= 15 is 0 Å². The van der Waals surface area contributed by atoms with E-state index in [9.17, 15) is 20.0 Å². The number of fused-ring (bicyclic) bond motifs is 1. The number of pyridine rings is 1. The molecular weight excluding hydrogens is 310 g/mol. The van der Waals surface area contributed by atoms with Crippen LogP contribution in [-0.4, -0.2) is 20.9 Å². The number of phenols is 1. The van der Waals surface area contributed by atoms with Gasteiger partial charge in [-0.2, -0.15) is 0 Å². The summed E-state index contributed by atoms with van der Waals surface area (Å²) in [6.45, 7) is 1.44. The number of carbonyl (C=O) groups is 1. The lowest BCUT2D eigenvalue weighted by Crippen LogP contribution is -2.05. The van der Waals surface area contributed by atoms with Crippen LogP contribution in [0.15, 0.2) is 48.5 Å². The Morgan fingerprint density at radius 1 is 1.17 bits per heavy atom. The Morgan fingerprint density at radius 2 is 1.96 bits per heavy atom. The van der Waals surface area contributed by atoms with Crippen molar-refractivity contribution in [3.05, 3.63) is 58.6 Å². The zero-order valence-corrected chi connectivity index (χ0v) is 12.7. The van der Waals surface area contributed by atoms with E-state index in [1.165, 1.54) is 25.1 Å². The average molecular weight is 323 g/mol. The number of nitrogens with zero attached hydrogens (tertiary/aromatic N) is 2. The number of amides is 1. The number of nitrogens with one attached hydrogen (secondary N) is 1. The molecule has 0 bridgehead atoms. The van der Waals surface area contributed by atoms with Gasteiger partial charge in [0, 0.05) is 29.6 Å². The van der Waals surface area contributed by atoms with Crippen molar-refractivity contribution in [2.24, 2.45) is 0 Å². The van der Waals surface area contributed by atoms with Crippen molar-refractivity contribution in [3.8, 4) is 17.0 Å². The van der Waals surface area contributed by atoms with Gasteiger partial charge in [0.2, 0.25) is 5.91 Å². The van der Waals surface area contributed by atoms with Crippen molar-refractivity contribution >= 4 is 28.2 Å². The number of hydrogen-bond donors (Lipinski definition) is 2. The fourth-order valence-electron chi connectivity index (χ4n) is 2.40. The molecule has 1 aromatic heterocycles. The smallest absolute Gasteiger partial charge is 0.310 e. The predicted octanol–water partition coefficient (Wildman–Crippen LogP) is 3.47. The van der Waals surface area contributed by atoms with Crippen molar-refractivity contribution in [1.29, 1.82) is 0 Å². The summed E-state index contributed by atoms with van der Waals surface area (Å²) in [7, 11) is 0. The van der Waals surface area contributed by atoms with Gasteiger partial charge in [-0.05, 0) is 36.4 Å². The summed E-state index contributed by atoms with van der Waals surface area (Å²) in [5.41, 5.74) is 2.20. The van der Waals surface area contributed by atoms with Crippen LogP contribution in [0.4, 0.5) is 11.4 Å². The third-order valence-electron chi connectivity index (χ3n) is 3.48. The number of nitro benzene ring substituents is 1. The zero-order chi connectivity index (χ0) is 17.3. The molecule has 3 rings (SSSR count). The first-order valence-corrected chi connectivity index (χ1v) is 7.10. The van der Waals surface area contributed by atoms with Gasteiger partial charge in [0.15, 0.2) is 5.75 Å². The molecular formula is C17H13N3O4. The Bertz CT molecular complexity index is 969. The zero-order valence-electron chi connectivity index (χ0n) is 12.7. The number of aromatic hydroxyl groups is 1. The maximum absolute atomic E-state index is 11.1. The molecule has 0 saturated carbocycles. The van der Waals surface area contributed by atoms with Gasteiger partial charge < -0.3 is 10.4 Å². The molecule has 3 aromatic rings. The molecule has 7 nitrogen and oxygen atoms in total. The van der Waals surface area contributed by atoms with Gasteiger partial charge in [-0.25, -0.2) is 4.98 Å². The van der Waals surface area contributed by atoms with Crippen LogP contribution in [0, 0.1) is 10.1 Å². The number of benzene rings is 2. The number of rotatable bonds is 3. The third-order valence-corrected chi connectivity index (χ3v) is 3.48. The summed E-state index contributed by atoms with van der Waals surface area (Å²) < 4.78 is 0. The molecule has 0 aliphatic rings. The van der Waals surface area contributed by atoms with E-state index in [2.05, 4.69) is 10.3 Å². The summed E-state index contributed by atoms with van der Waals surface area (Å²) in [5, 5.41) is 24.0. The number of hydrogen-bond acceptors (Lipinski definition) is 5. The Hall–Kier alpha value is -3.48. The minimum absolute atomic E-state index is 0.153. The van der Waals surface area contributed by atoms with Gasteiger partial charge in [-0.3, -0.25) is 14.9 Å². The molecule has 1 heterocycles. The van der Waals surface area contributed by atoms with E-state index in [1.807, 2.05) is 6.07 Å². The maximum atomic E-state index is 11.1. The number of phenolic OH excluding ortho intramolecular Hbond substituents is 1. The SMILES string of the molecule is CC(=O)Nc1ccc2nc(-c3ccc([N+](=O)[O-])c(O)c3)ccc2c1. The second-order valence-corrected chi connectivity index (χ2v) is 5.25. The highest BCUT2D eigenvalue weighted by Crippen LogP contribution is 2.31. The summed E-state index contributed by atoms with van der Waals surface area (Å²) in [6.07, 6.45) is 0. The summed E-state index contributed by atoms with van der Waals surface area (Å²) in [6, 6.07) is 13.0. The third kappa shape index (κ3) is 3.00. The first-order valence-electron chi connectivity index (χ1n) is 7.10. The molecule has 24 heavy (non-hydrogen) atoms. The maximum Gasteiger partial charge on any atom is 0.310 e. The second kappa shape index (κ2) is 5.96. The fraction of sp³-hybridized carbons (Fsp3) is 0.0588. The van der Waals surface area contributed by atoms with E-state index in [1.54, 1.807) is 24.3 Å². The molecule has 0 aliphatic heterocycles. The molecule has 0 spiro atoms. The monoisotopic (exact) mass is 323 g/mol. The fourth-order valence-corrected chi connectivity index (χ4v) is 2.40. The van der Waals surface area contributed by atoms with Gasteiger partial charge in [-0.15, -0.1) is 0 Å². The Kier molecular flexibility index (Phi) is 3.83. The summed E-state index contributed by atoms with van der Waals surface area (Å²) in [4.78, 5) is 25.7. The number of anilines is 1. The highest BCUT2D eigenvalue weighted by Gasteiger charge is 2.14. The molecule has 1 amide bonds. The Morgan fingerprint density at radius 3 is 2.62 bits per heavy atom. The predicted molar refractivity (Wildman–Crippen MR) is 89.8 cm³/mol. The van der Waals surface area contributed by atoms with Crippen LogP contribution in [0.25, 0.3) is 22.2 Å². The molecule has 0 unspecified atom stereocenters. The number of aromatic nitrogens is 1. The van der Waals surface area contributed by atoms with Crippen molar-refractivity contribution in [2.75, 3.05) is 5.32 Å². The van der Waals surface area contributed by atoms with Gasteiger partial charge in [0.05, 0.1) is 16.1 Å². The van der Waals surface area contributed by atoms with Gasteiger partial charge >= 0.3 is 5.69 Å². The lowest BCUT2D eigenvalue weighted by Gasteiger charge is -2.06. The van der Waals surface area contributed by atoms with Crippen LogP contribution in [0.2, 0.25) is 0 Å². The second-order valence-electron chi connectivity index (χ2n) is 5.25. The van der Waals surface area contributed by atoms with Crippen molar-refractivity contribution < 1.29 is 14.8 Å². The summed E-state index contributed by atoms with van der Waals surface area (Å²) in [5.74, 6) is -0.555. The van der Waals surface area contributed by atoms with Gasteiger partial charge in [0.1, 0.15) is 0 Å². The standard InChI is InChI=1S/C17H13N3O4/c1-10(21)18-13-4-6-15-11(8-13)2-5-14(19-15)12-3-7-16(20(23)24)17(22)9-12/h2-9,22H,1H3,(H,18,21). The number of nitro groups is 1. The van der Waals surface area contributed by atoms with Crippen LogP contribution in [0.1, 0.15) is 6.92 Å². The van der Waals surface area contributed by atoms with E-state index in [-0.39, 0.29) is 11.6 Å². The lowest BCUT2D eigenvalue weighted by atomic mass is 10.1. The quantitative estimate of drug-likeness (QED) is 0.567. The minimum atomic E-state index is -0.642. The highest BCUT2D eigenvalue weighted by atomic mass is 16.6. The molecule has 0 fully saturated rings. The average Bonchev–Trinajstić information content (AvgIpc) is 2.53.